The Hall–Kier alpha value is -2.29. The van der Waals surface area contributed by atoms with Crippen molar-refractivity contribution in [2.45, 2.75) is 0 Å². The Morgan fingerprint density at radius 1 is 1.00 bits per heavy atom. The Morgan fingerprint density at radius 3 is 2.31 bits per heavy atom. The van der Waals surface area contributed by atoms with Crippen LogP contribution in [-0.4, -0.2) is 16.3 Å². The summed E-state index contributed by atoms with van der Waals surface area (Å²) in [7, 11) is 0. The molecule has 0 atom stereocenters. The van der Waals surface area contributed by atoms with Gasteiger partial charge in [-0.3, -0.25) is 4.79 Å². The van der Waals surface area contributed by atoms with Crippen LogP contribution in [-0.2, 0) is 4.79 Å². The van der Waals surface area contributed by atoms with E-state index in [1.807, 2.05) is 30.3 Å². The first-order valence-electron chi connectivity index (χ1n) is 4.90. The van der Waals surface area contributed by atoms with Crippen LogP contribution in [0.5, 0.6) is 0 Å². The van der Waals surface area contributed by atoms with Crippen molar-refractivity contribution in [1.82, 2.24) is 9.97 Å². The molecular weight excluding hydrogens is 200 g/mol. The molecule has 0 aliphatic heterocycles. The number of nitrogens with zero attached hydrogens (tertiary/aromatic N) is 2. The smallest absolute Gasteiger partial charge is 0.159 e. The molecule has 1 heterocycles. The van der Waals surface area contributed by atoms with E-state index in [0.29, 0.717) is 5.82 Å². The molecule has 0 saturated carbocycles. The normalized spacial score (nSPS) is 11.1. The number of allylic oxidation sites excluding steroid dienone is 1. The number of carbonyl (C=O) groups is 1. The zero-order valence-corrected chi connectivity index (χ0v) is 8.58. The highest BCUT2D eigenvalue weighted by Gasteiger charge is 2.05. The minimum absolute atomic E-state index is 0.556. The van der Waals surface area contributed by atoms with Gasteiger partial charge in [0.25, 0.3) is 0 Å². The first kappa shape index (κ1) is 10.2. The Bertz CT molecular complexity index is 450. The SMILES string of the molecule is O=CC=C(c1ccccc1)c1ncccn1. The van der Waals surface area contributed by atoms with Gasteiger partial charge in [-0.05, 0) is 17.7 Å². The fraction of sp³-hybridized carbons (Fsp3) is 0. The molecule has 2 aromatic rings. The van der Waals surface area contributed by atoms with Gasteiger partial charge in [0.2, 0.25) is 0 Å². The van der Waals surface area contributed by atoms with Gasteiger partial charge in [0.05, 0.1) is 0 Å². The number of benzene rings is 1. The quantitative estimate of drug-likeness (QED) is 0.575. The van der Waals surface area contributed by atoms with Gasteiger partial charge in [-0.1, -0.05) is 30.3 Å². The summed E-state index contributed by atoms with van der Waals surface area (Å²) >= 11 is 0. The molecule has 0 N–H and O–H groups in total. The summed E-state index contributed by atoms with van der Waals surface area (Å²) in [4.78, 5) is 18.9. The maximum absolute atomic E-state index is 10.6. The maximum atomic E-state index is 10.6. The third-order valence-corrected chi connectivity index (χ3v) is 2.13. The Balaban J connectivity index is 2.48. The molecule has 0 spiro atoms. The van der Waals surface area contributed by atoms with E-state index in [4.69, 9.17) is 0 Å². The second-order valence-electron chi connectivity index (χ2n) is 3.15. The van der Waals surface area contributed by atoms with Crippen molar-refractivity contribution in [3.8, 4) is 0 Å². The summed E-state index contributed by atoms with van der Waals surface area (Å²) in [6.45, 7) is 0. The monoisotopic (exact) mass is 210 g/mol. The predicted molar refractivity (Wildman–Crippen MR) is 61.6 cm³/mol. The number of aldehydes is 1. The van der Waals surface area contributed by atoms with Gasteiger partial charge in [-0.25, -0.2) is 9.97 Å². The molecular formula is C13H10N2O. The molecule has 1 aromatic heterocycles. The molecule has 1 aromatic carbocycles. The lowest BCUT2D eigenvalue weighted by atomic mass is 10.1. The predicted octanol–water partition coefficient (Wildman–Crippen LogP) is 2.11. The van der Waals surface area contributed by atoms with E-state index >= 15 is 0 Å². The van der Waals surface area contributed by atoms with E-state index in [-0.39, 0.29) is 0 Å². The van der Waals surface area contributed by atoms with Crippen LogP contribution in [0.15, 0.2) is 54.9 Å². The van der Waals surface area contributed by atoms with Gasteiger partial charge in [-0.2, -0.15) is 0 Å². The van der Waals surface area contributed by atoms with Crippen molar-refractivity contribution in [2.24, 2.45) is 0 Å². The third-order valence-electron chi connectivity index (χ3n) is 2.13. The van der Waals surface area contributed by atoms with Crippen molar-refractivity contribution in [3.05, 3.63) is 66.3 Å². The molecule has 0 aliphatic rings. The van der Waals surface area contributed by atoms with E-state index in [2.05, 4.69) is 9.97 Å². The third kappa shape index (κ3) is 2.20. The average molecular weight is 210 g/mol. The molecule has 3 heteroatoms. The van der Waals surface area contributed by atoms with Crippen LogP contribution in [0.4, 0.5) is 0 Å². The second kappa shape index (κ2) is 4.98. The van der Waals surface area contributed by atoms with Gasteiger partial charge >= 0.3 is 0 Å². The van der Waals surface area contributed by atoms with Gasteiger partial charge in [0, 0.05) is 18.0 Å². The number of hydrogen-bond acceptors (Lipinski definition) is 3. The van der Waals surface area contributed by atoms with Crippen LogP contribution in [0, 0.1) is 0 Å². The second-order valence-corrected chi connectivity index (χ2v) is 3.15. The lowest BCUT2D eigenvalue weighted by Gasteiger charge is -2.04. The summed E-state index contributed by atoms with van der Waals surface area (Å²) < 4.78 is 0. The first-order valence-corrected chi connectivity index (χ1v) is 4.90. The summed E-state index contributed by atoms with van der Waals surface area (Å²) in [5.41, 5.74) is 1.66. The molecule has 0 radical (unpaired) electrons. The molecule has 0 bridgehead atoms. The van der Waals surface area contributed by atoms with E-state index in [1.165, 1.54) is 6.08 Å². The largest absolute Gasteiger partial charge is 0.299 e. The molecule has 16 heavy (non-hydrogen) atoms. The Kier molecular flexibility index (Phi) is 3.18. The topological polar surface area (TPSA) is 42.9 Å². The Morgan fingerprint density at radius 2 is 1.69 bits per heavy atom. The first-order chi connectivity index (χ1) is 7.92. The highest BCUT2D eigenvalue weighted by molar-refractivity contribution is 5.87. The number of carbonyl (C=O) groups excluding carboxylic acids is 1. The molecule has 0 unspecified atom stereocenters. The van der Waals surface area contributed by atoms with Crippen LogP contribution >= 0.6 is 0 Å². The van der Waals surface area contributed by atoms with Gasteiger partial charge in [0.1, 0.15) is 6.29 Å². The minimum atomic E-state index is 0.556. The average Bonchev–Trinajstić information content (AvgIpc) is 2.38. The highest BCUT2D eigenvalue weighted by Crippen LogP contribution is 2.18. The fourth-order valence-corrected chi connectivity index (χ4v) is 1.42. The number of hydrogen-bond donors (Lipinski definition) is 0. The minimum Gasteiger partial charge on any atom is -0.299 e. The van der Waals surface area contributed by atoms with Gasteiger partial charge in [0.15, 0.2) is 5.82 Å². The van der Waals surface area contributed by atoms with E-state index in [1.54, 1.807) is 18.5 Å². The number of rotatable bonds is 3. The molecule has 3 nitrogen and oxygen atoms in total. The highest BCUT2D eigenvalue weighted by atomic mass is 16.1. The van der Waals surface area contributed by atoms with E-state index in [0.717, 1.165) is 17.4 Å². The van der Waals surface area contributed by atoms with Crippen LogP contribution in [0.1, 0.15) is 11.4 Å². The molecule has 2 rings (SSSR count). The van der Waals surface area contributed by atoms with Gasteiger partial charge in [-0.15, -0.1) is 0 Å². The Labute approximate surface area is 93.5 Å². The van der Waals surface area contributed by atoms with Gasteiger partial charge < -0.3 is 0 Å². The van der Waals surface area contributed by atoms with Crippen LogP contribution in [0.25, 0.3) is 5.57 Å². The number of aromatic nitrogens is 2. The van der Waals surface area contributed by atoms with Crippen LogP contribution < -0.4 is 0 Å². The van der Waals surface area contributed by atoms with E-state index < -0.39 is 0 Å². The van der Waals surface area contributed by atoms with Crippen molar-refractivity contribution < 1.29 is 4.79 Å². The van der Waals surface area contributed by atoms with Crippen molar-refractivity contribution in [2.75, 3.05) is 0 Å². The molecule has 0 fully saturated rings. The van der Waals surface area contributed by atoms with Crippen LogP contribution in [0.2, 0.25) is 0 Å². The zero-order chi connectivity index (χ0) is 11.2. The standard InChI is InChI=1S/C13H10N2O/c16-10-7-12(11-5-2-1-3-6-11)13-14-8-4-9-15-13/h1-10H. The summed E-state index contributed by atoms with van der Waals surface area (Å²) in [6.07, 6.45) is 5.54. The summed E-state index contributed by atoms with van der Waals surface area (Å²) in [5, 5.41) is 0. The van der Waals surface area contributed by atoms with Crippen molar-refractivity contribution in [1.29, 1.82) is 0 Å². The molecule has 0 saturated heterocycles. The fourth-order valence-electron chi connectivity index (χ4n) is 1.42. The van der Waals surface area contributed by atoms with Crippen molar-refractivity contribution >= 4 is 11.9 Å². The zero-order valence-electron chi connectivity index (χ0n) is 8.58. The molecule has 0 aliphatic carbocycles. The lowest BCUT2D eigenvalue weighted by molar-refractivity contribution is -0.104. The maximum Gasteiger partial charge on any atom is 0.159 e. The molecule has 0 amide bonds. The van der Waals surface area contributed by atoms with Crippen LogP contribution in [0.3, 0.4) is 0 Å². The molecule has 78 valence electrons. The summed E-state index contributed by atoms with van der Waals surface area (Å²) in [5.74, 6) is 0.556. The summed E-state index contributed by atoms with van der Waals surface area (Å²) in [6, 6.07) is 11.3. The lowest BCUT2D eigenvalue weighted by Crippen LogP contribution is -1.94. The van der Waals surface area contributed by atoms with E-state index in [9.17, 15) is 4.79 Å². The van der Waals surface area contributed by atoms with Crippen molar-refractivity contribution in [3.63, 3.8) is 0 Å².